The zero-order chi connectivity index (χ0) is 17.5. The molecule has 0 radical (unpaired) electrons. The highest BCUT2D eigenvalue weighted by Gasteiger charge is 2.38. The van der Waals surface area contributed by atoms with Crippen LogP contribution in [0.15, 0.2) is 24.3 Å². The van der Waals surface area contributed by atoms with Crippen LogP contribution in [0, 0.1) is 11.3 Å². The van der Waals surface area contributed by atoms with Gasteiger partial charge in [-0.05, 0) is 63.0 Å². The van der Waals surface area contributed by atoms with E-state index in [1.807, 2.05) is 0 Å². The molecule has 0 aromatic heterocycles. The first-order chi connectivity index (χ1) is 12.2. The van der Waals surface area contributed by atoms with E-state index in [0.717, 1.165) is 6.54 Å². The first-order valence-corrected chi connectivity index (χ1v) is 9.52. The van der Waals surface area contributed by atoms with Crippen LogP contribution in [0.4, 0.5) is 10.5 Å². The van der Waals surface area contributed by atoms with E-state index in [4.69, 9.17) is 5.26 Å². The Morgan fingerprint density at radius 1 is 1.04 bits per heavy atom. The number of amides is 2. The molecule has 1 aliphatic heterocycles. The summed E-state index contributed by atoms with van der Waals surface area (Å²) in [4.78, 5) is 15.0. The van der Waals surface area contributed by atoms with Gasteiger partial charge >= 0.3 is 6.03 Å². The van der Waals surface area contributed by atoms with Crippen LogP contribution in [0.2, 0.25) is 0 Å². The molecule has 2 amide bonds. The van der Waals surface area contributed by atoms with Gasteiger partial charge in [0.2, 0.25) is 0 Å². The van der Waals surface area contributed by atoms with Crippen molar-refractivity contribution in [2.45, 2.75) is 56.9 Å². The van der Waals surface area contributed by atoms with Crippen LogP contribution < -0.4 is 10.6 Å². The average molecular weight is 340 g/mol. The van der Waals surface area contributed by atoms with Gasteiger partial charge in [-0.3, -0.25) is 4.90 Å². The molecule has 0 atom stereocenters. The van der Waals surface area contributed by atoms with E-state index in [9.17, 15) is 4.79 Å². The molecule has 1 saturated heterocycles. The van der Waals surface area contributed by atoms with Crippen LogP contribution >= 0.6 is 0 Å². The molecule has 1 aromatic rings. The highest BCUT2D eigenvalue weighted by atomic mass is 16.2. The third-order valence-corrected chi connectivity index (χ3v) is 5.66. The van der Waals surface area contributed by atoms with Gasteiger partial charge in [0.1, 0.15) is 0 Å². The standard InChI is InChI=1S/C20H28N4O/c21-15-17-7-9-18(10-8-17)23-19(25)22-16-20(11-3-1-4-12-20)24-13-5-2-6-14-24/h7-10H,1-6,11-14,16H2,(H2,22,23,25). The molecule has 25 heavy (non-hydrogen) atoms. The number of anilines is 1. The molecule has 5 nitrogen and oxygen atoms in total. The number of carbonyl (C=O) groups is 1. The number of nitrogens with one attached hydrogen (secondary N) is 2. The molecule has 2 fully saturated rings. The maximum Gasteiger partial charge on any atom is 0.319 e. The lowest BCUT2D eigenvalue weighted by Crippen LogP contribution is -2.58. The molecule has 2 N–H and O–H groups in total. The summed E-state index contributed by atoms with van der Waals surface area (Å²) < 4.78 is 0. The van der Waals surface area contributed by atoms with Crippen molar-refractivity contribution in [2.24, 2.45) is 0 Å². The minimum atomic E-state index is -0.160. The summed E-state index contributed by atoms with van der Waals surface area (Å²) in [7, 11) is 0. The Hall–Kier alpha value is -2.06. The number of carbonyl (C=O) groups excluding carboxylic acids is 1. The van der Waals surface area contributed by atoms with Crippen LogP contribution in [-0.2, 0) is 0 Å². The van der Waals surface area contributed by atoms with E-state index >= 15 is 0 Å². The fourth-order valence-electron chi connectivity index (χ4n) is 4.23. The zero-order valence-electron chi connectivity index (χ0n) is 14.9. The van der Waals surface area contributed by atoms with Crippen molar-refractivity contribution in [3.8, 4) is 6.07 Å². The molecule has 0 spiro atoms. The van der Waals surface area contributed by atoms with Gasteiger partial charge in [-0.15, -0.1) is 0 Å². The Labute approximate surface area is 150 Å². The van der Waals surface area contributed by atoms with E-state index in [0.29, 0.717) is 11.3 Å². The number of likely N-dealkylation sites (tertiary alicyclic amines) is 1. The van der Waals surface area contributed by atoms with E-state index in [2.05, 4.69) is 21.6 Å². The normalized spacial score (nSPS) is 20.4. The lowest BCUT2D eigenvalue weighted by molar-refractivity contribution is 0.0358. The zero-order valence-corrected chi connectivity index (χ0v) is 14.9. The predicted molar refractivity (Wildman–Crippen MR) is 99.4 cm³/mol. The summed E-state index contributed by atoms with van der Waals surface area (Å²) in [6.45, 7) is 3.05. The predicted octanol–water partition coefficient (Wildman–Crippen LogP) is 3.87. The Morgan fingerprint density at radius 2 is 1.68 bits per heavy atom. The largest absolute Gasteiger partial charge is 0.336 e. The van der Waals surface area contributed by atoms with Crippen molar-refractivity contribution < 1.29 is 4.79 Å². The van der Waals surface area contributed by atoms with Crippen LogP contribution in [0.25, 0.3) is 0 Å². The summed E-state index contributed by atoms with van der Waals surface area (Å²) in [6, 6.07) is 8.88. The summed E-state index contributed by atoms with van der Waals surface area (Å²) in [6.07, 6.45) is 10.1. The summed E-state index contributed by atoms with van der Waals surface area (Å²) in [5.74, 6) is 0. The first kappa shape index (κ1) is 17.8. The van der Waals surface area contributed by atoms with Gasteiger partial charge < -0.3 is 10.6 Å². The molecule has 3 rings (SSSR count). The second-order valence-corrected chi connectivity index (χ2v) is 7.33. The Bertz CT molecular complexity index is 608. The van der Waals surface area contributed by atoms with Crippen molar-refractivity contribution >= 4 is 11.7 Å². The number of urea groups is 1. The maximum atomic E-state index is 12.3. The molecule has 5 heteroatoms. The molecule has 0 unspecified atom stereocenters. The Balaban J connectivity index is 1.58. The lowest BCUT2D eigenvalue weighted by atomic mass is 9.79. The van der Waals surface area contributed by atoms with Crippen molar-refractivity contribution in [1.29, 1.82) is 5.26 Å². The van der Waals surface area contributed by atoms with E-state index in [1.54, 1.807) is 24.3 Å². The molecule has 134 valence electrons. The minimum Gasteiger partial charge on any atom is -0.336 e. The van der Waals surface area contributed by atoms with Crippen LogP contribution in [0.5, 0.6) is 0 Å². The van der Waals surface area contributed by atoms with Gasteiger partial charge in [-0.25, -0.2) is 4.79 Å². The number of hydrogen-bond donors (Lipinski definition) is 2. The van der Waals surface area contributed by atoms with E-state index in [1.165, 1.54) is 64.5 Å². The van der Waals surface area contributed by atoms with Crippen molar-refractivity contribution in [3.05, 3.63) is 29.8 Å². The number of benzene rings is 1. The van der Waals surface area contributed by atoms with Crippen LogP contribution in [0.3, 0.4) is 0 Å². The molecular weight excluding hydrogens is 312 g/mol. The number of nitrogens with zero attached hydrogens (tertiary/aromatic N) is 2. The van der Waals surface area contributed by atoms with Crippen molar-refractivity contribution in [2.75, 3.05) is 25.0 Å². The number of nitriles is 1. The highest BCUT2D eigenvalue weighted by molar-refractivity contribution is 5.89. The van der Waals surface area contributed by atoms with Crippen LogP contribution in [0.1, 0.15) is 56.9 Å². The molecule has 0 bridgehead atoms. The molecule has 2 aliphatic rings. The molecular formula is C20H28N4O. The van der Waals surface area contributed by atoms with Gasteiger partial charge in [0, 0.05) is 17.8 Å². The third kappa shape index (κ3) is 4.52. The second-order valence-electron chi connectivity index (χ2n) is 7.33. The molecule has 1 aliphatic carbocycles. The van der Waals surface area contributed by atoms with E-state index < -0.39 is 0 Å². The fourth-order valence-corrected chi connectivity index (χ4v) is 4.23. The van der Waals surface area contributed by atoms with Gasteiger partial charge in [0.15, 0.2) is 0 Å². The monoisotopic (exact) mass is 340 g/mol. The number of hydrogen-bond acceptors (Lipinski definition) is 3. The highest BCUT2D eigenvalue weighted by Crippen LogP contribution is 2.35. The minimum absolute atomic E-state index is 0.140. The average Bonchev–Trinajstić information content (AvgIpc) is 2.68. The maximum absolute atomic E-state index is 12.3. The van der Waals surface area contributed by atoms with Crippen LogP contribution in [-0.4, -0.2) is 36.1 Å². The fraction of sp³-hybridized carbons (Fsp3) is 0.600. The van der Waals surface area contributed by atoms with Crippen molar-refractivity contribution in [1.82, 2.24) is 10.2 Å². The van der Waals surface area contributed by atoms with Gasteiger partial charge in [-0.2, -0.15) is 5.26 Å². The Morgan fingerprint density at radius 3 is 2.32 bits per heavy atom. The topological polar surface area (TPSA) is 68.2 Å². The second kappa shape index (κ2) is 8.35. The Kier molecular flexibility index (Phi) is 5.93. The van der Waals surface area contributed by atoms with Gasteiger partial charge in [-0.1, -0.05) is 25.7 Å². The van der Waals surface area contributed by atoms with Crippen molar-refractivity contribution in [3.63, 3.8) is 0 Å². The third-order valence-electron chi connectivity index (χ3n) is 5.66. The lowest BCUT2D eigenvalue weighted by Gasteiger charge is -2.48. The quantitative estimate of drug-likeness (QED) is 0.874. The number of rotatable bonds is 4. The molecule has 1 heterocycles. The SMILES string of the molecule is N#Cc1ccc(NC(=O)NCC2(N3CCCCC3)CCCCC2)cc1. The summed E-state index contributed by atoms with van der Waals surface area (Å²) >= 11 is 0. The van der Waals surface area contributed by atoms with Gasteiger partial charge in [0.05, 0.1) is 11.6 Å². The smallest absolute Gasteiger partial charge is 0.319 e. The van der Waals surface area contributed by atoms with Gasteiger partial charge in [0.25, 0.3) is 0 Å². The summed E-state index contributed by atoms with van der Waals surface area (Å²) in [5, 5.41) is 14.8. The van der Waals surface area contributed by atoms with E-state index in [-0.39, 0.29) is 11.6 Å². The molecule has 1 saturated carbocycles. The first-order valence-electron chi connectivity index (χ1n) is 9.52. The summed E-state index contributed by atoms with van der Waals surface area (Å²) in [5.41, 5.74) is 1.45. The number of piperidine rings is 1. The molecule has 1 aromatic carbocycles.